The standard InChI is InChI=1S/C18H21N5O2/c1-12(2)16(19)17(24)20-14-7-5-6-13(10-14)11-23-18(25)22-9-4-3-8-15(22)21-23/h3-10,12,16H,11,19H2,1-2H3,(H,20,24)/t16-/m0/s1. The monoisotopic (exact) mass is 339 g/mol. The Morgan fingerprint density at radius 1 is 1.24 bits per heavy atom. The molecule has 25 heavy (non-hydrogen) atoms. The van der Waals surface area contributed by atoms with Crippen molar-refractivity contribution in [3.8, 4) is 0 Å². The van der Waals surface area contributed by atoms with Gasteiger partial charge in [-0.05, 0) is 35.7 Å². The van der Waals surface area contributed by atoms with Crippen LogP contribution in [0.5, 0.6) is 0 Å². The van der Waals surface area contributed by atoms with Gasteiger partial charge in [-0.15, -0.1) is 5.10 Å². The average molecular weight is 339 g/mol. The first-order valence-corrected chi connectivity index (χ1v) is 8.15. The first-order valence-electron chi connectivity index (χ1n) is 8.15. The van der Waals surface area contributed by atoms with Crippen molar-refractivity contribution in [2.24, 2.45) is 11.7 Å². The molecule has 0 saturated heterocycles. The normalized spacial score (nSPS) is 12.5. The molecular formula is C18H21N5O2. The molecule has 2 heterocycles. The number of amides is 1. The maximum absolute atomic E-state index is 12.3. The van der Waals surface area contributed by atoms with Gasteiger partial charge in [0.15, 0.2) is 5.65 Å². The van der Waals surface area contributed by atoms with Crippen LogP contribution < -0.4 is 16.7 Å². The molecule has 0 bridgehead atoms. The highest BCUT2D eigenvalue weighted by atomic mass is 16.2. The summed E-state index contributed by atoms with van der Waals surface area (Å²) in [4.78, 5) is 24.4. The van der Waals surface area contributed by atoms with Gasteiger partial charge in [-0.1, -0.05) is 32.0 Å². The number of rotatable bonds is 5. The second-order valence-corrected chi connectivity index (χ2v) is 6.33. The second kappa shape index (κ2) is 6.90. The Morgan fingerprint density at radius 3 is 2.76 bits per heavy atom. The predicted molar refractivity (Wildman–Crippen MR) is 96.4 cm³/mol. The highest BCUT2D eigenvalue weighted by Crippen LogP contribution is 2.13. The molecule has 0 aliphatic heterocycles. The molecule has 0 unspecified atom stereocenters. The van der Waals surface area contributed by atoms with E-state index in [1.54, 1.807) is 24.4 Å². The van der Waals surface area contributed by atoms with E-state index in [2.05, 4.69) is 10.4 Å². The van der Waals surface area contributed by atoms with Crippen LogP contribution in [0.2, 0.25) is 0 Å². The van der Waals surface area contributed by atoms with Crippen molar-refractivity contribution in [1.29, 1.82) is 0 Å². The third kappa shape index (κ3) is 3.61. The van der Waals surface area contributed by atoms with Crippen molar-refractivity contribution in [1.82, 2.24) is 14.2 Å². The molecule has 7 heteroatoms. The maximum Gasteiger partial charge on any atom is 0.350 e. The zero-order valence-electron chi connectivity index (χ0n) is 14.2. The summed E-state index contributed by atoms with van der Waals surface area (Å²) in [7, 11) is 0. The summed E-state index contributed by atoms with van der Waals surface area (Å²) in [5.74, 6) is -0.170. The van der Waals surface area contributed by atoms with Gasteiger partial charge in [-0.3, -0.25) is 9.20 Å². The zero-order valence-corrected chi connectivity index (χ0v) is 14.2. The summed E-state index contributed by atoms with van der Waals surface area (Å²) in [6.45, 7) is 4.12. The van der Waals surface area contributed by atoms with Crippen molar-refractivity contribution in [2.45, 2.75) is 26.4 Å². The number of benzene rings is 1. The second-order valence-electron chi connectivity index (χ2n) is 6.33. The van der Waals surface area contributed by atoms with Crippen LogP contribution >= 0.6 is 0 Å². The molecule has 1 atom stereocenters. The molecule has 0 aliphatic rings. The predicted octanol–water partition coefficient (Wildman–Crippen LogP) is 1.47. The van der Waals surface area contributed by atoms with Gasteiger partial charge in [0.05, 0.1) is 12.6 Å². The van der Waals surface area contributed by atoms with Gasteiger partial charge in [0.1, 0.15) is 0 Å². The van der Waals surface area contributed by atoms with Gasteiger partial charge in [0, 0.05) is 11.9 Å². The number of hydrogen-bond acceptors (Lipinski definition) is 4. The zero-order chi connectivity index (χ0) is 18.0. The van der Waals surface area contributed by atoms with Crippen molar-refractivity contribution in [2.75, 3.05) is 5.32 Å². The Morgan fingerprint density at radius 2 is 2.04 bits per heavy atom. The summed E-state index contributed by atoms with van der Waals surface area (Å²) in [5, 5.41) is 7.12. The van der Waals surface area contributed by atoms with Gasteiger partial charge in [-0.2, -0.15) is 0 Å². The van der Waals surface area contributed by atoms with Gasteiger partial charge in [0.2, 0.25) is 5.91 Å². The minimum atomic E-state index is -0.565. The lowest BCUT2D eigenvalue weighted by atomic mass is 10.0. The average Bonchev–Trinajstić information content (AvgIpc) is 2.90. The first-order chi connectivity index (χ1) is 12.0. The van der Waals surface area contributed by atoms with E-state index in [1.165, 1.54) is 9.08 Å². The van der Waals surface area contributed by atoms with Crippen LogP contribution in [-0.2, 0) is 11.3 Å². The highest BCUT2D eigenvalue weighted by Gasteiger charge is 2.17. The van der Waals surface area contributed by atoms with E-state index in [1.807, 2.05) is 38.1 Å². The number of aromatic nitrogens is 3. The lowest BCUT2D eigenvalue weighted by molar-refractivity contribution is -0.118. The summed E-state index contributed by atoms with van der Waals surface area (Å²) in [6, 6.07) is 12.2. The number of nitrogens with zero attached hydrogens (tertiary/aromatic N) is 3. The molecule has 130 valence electrons. The van der Waals surface area contributed by atoms with Crippen molar-refractivity contribution >= 4 is 17.2 Å². The Kier molecular flexibility index (Phi) is 4.67. The summed E-state index contributed by atoms with van der Waals surface area (Å²) >= 11 is 0. The molecular weight excluding hydrogens is 318 g/mol. The Hall–Kier alpha value is -2.93. The molecule has 0 radical (unpaired) electrons. The molecule has 1 amide bonds. The number of nitrogens with one attached hydrogen (secondary N) is 1. The molecule has 3 aromatic rings. The van der Waals surface area contributed by atoms with E-state index in [-0.39, 0.29) is 17.5 Å². The molecule has 0 saturated carbocycles. The summed E-state index contributed by atoms with van der Waals surface area (Å²) in [6.07, 6.45) is 1.69. The van der Waals surface area contributed by atoms with Crippen molar-refractivity contribution in [3.05, 3.63) is 64.7 Å². The van der Waals surface area contributed by atoms with Crippen molar-refractivity contribution < 1.29 is 4.79 Å². The van der Waals surface area contributed by atoms with Gasteiger partial charge in [-0.25, -0.2) is 9.48 Å². The van der Waals surface area contributed by atoms with Gasteiger partial charge < -0.3 is 11.1 Å². The van der Waals surface area contributed by atoms with E-state index in [0.717, 1.165) is 5.56 Å². The van der Waals surface area contributed by atoms with Crippen LogP contribution in [0.25, 0.3) is 5.65 Å². The van der Waals surface area contributed by atoms with E-state index in [4.69, 9.17) is 5.73 Å². The number of carbonyl (C=O) groups is 1. The van der Waals surface area contributed by atoms with E-state index in [9.17, 15) is 9.59 Å². The van der Waals surface area contributed by atoms with Gasteiger partial charge >= 0.3 is 5.69 Å². The van der Waals surface area contributed by atoms with E-state index >= 15 is 0 Å². The first kappa shape index (κ1) is 16.9. The topological polar surface area (TPSA) is 94.4 Å². The van der Waals surface area contributed by atoms with Gasteiger partial charge in [0.25, 0.3) is 0 Å². The number of hydrogen-bond donors (Lipinski definition) is 2. The molecule has 3 N–H and O–H groups in total. The Balaban J connectivity index is 1.80. The number of nitrogens with two attached hydrogens (primary N) is 1. The number of fused-ring (bicyclic) bond motifs is 1. The Bertz CT molecular complexity index is 957. The SMILES string of the molecule is CC(C)[C@H](N)C(=O)Nc1cccc(Cn2nc3ccccn3c2=O)c1. The molecule has 0 aliphatic carbocycles. The fourth-order valence-corrected chi connectivity index (χ4v) is 2.52. The lowest BCUT2D eigenvalue weighted by Crippen LogP contribution is -2.39. The van der Waals surface area contributed by atoms with Crippen molar-refractivity contribution in [3.63, 3.8) is 0 Å². The minimum absolute atomic E-state index is 0.0553. The quantitative estimate of drug-likeness (QED) is 0.736. The molecule has 0 spiro atoms. The minimum Gasteiger partial charge on any atom is -0.325 e. The van der Waals surface area contributed by atoms with Crippen LogP contribution in [0.3, 0.4) is 0 Å². The fourth-order valence-electron chi connectivity index (χ4n) is 2.52. The van der Waals surface area contributed by atoms with E-state index < -0.39 is 6.04 Å². The number of anilines is 1. The molecule has 0 fully saturated rings. The lowest BCUT2D eigenvalue weighted by Gasteiger charge is -2.15. The van der Waals surface area contributed by atoms with Crippen LogP contribution in [0, 0.1) is 5.92 Å². The highest BCUT2D eigenvalue weighted by molar-refractivity contribution is 5.94. The van der Waals surface area contributed by atoms with Crippen LogP contribution in [0.1, 0.15) is 19.4 Å². The largest absolute Gasteiger partial charge is 0.350 e. The molecule has 2 aromatic heterocycles. The summed E-state index contributed by atoms with van der Waals surface area (Å²) in [5.41, 5.74) is 7.77. The van der Waals surface area contributed by atoms with Crippen LogP contribution in [-0.4, -0.2) is 26.1 Å². The van der Waals surface area contributed by atoms with E-state index in [0.29, 0.717) is 17.9 Å². The number of carbonyl (C=O) groups excluding carboxylic acids is 1. The summed E-state index contributed by atoms with van der Waals surface area (Å²) < 4.78 is 2.89. The third-order valence-electron chi connectivity index (χ3n) is 4.04. The molecule has 3 rings (SSSR count). The molecule has 1 aromatic carbocycles. The smallest absolute Gasteiger partial charge is 0.325 e. The third-order valence-corrected chi connectivity index (χ3v) is 4.04. The fraction of sp³-hybridized carbons (Fsp3) is 0.278. The number of pyridine rings is 1. The van der Waals surface area contributed by atoms with Crippen LogP contribution in [0.4, 0.5) is 5.69 Å². The maximum atomic E-state index is 12.3. The molecule has 7 nitrogen and oxygen atoms in total. The van der Waals surface area contributed by atoms with Crippen LogP contribution in [0.15, 0.2) is 53.5 Å². The Labute approximate surface area is 145 Å².